The van der Waals surface area contributed by atoms with Crippen molar-refractivity contribution in [3.05, 3.63) is 78.1 Å². The van der Waals surface area contributed by atoms with Crippen LogP contribution in [0, 0.1) is 18.8 Å². The number of nitrogens with one attached hydrogen (secondary N) is 2. The van der Waals surface area contributed by atoms with Crippen LogP contribution < -0.4 is 10.6 Å². The monoisotopic (exact) mass is 478 g/mol. The number of hydrogen-bond donors (Lipinski definition) is 2. The third kappa shape index (κ3) is 4.61. The molecule has 0 bridgehead atoms. The highest BCUT2D eigenvalue weighted by Gasteiger charge is 2.30. The van der Waals surface area contributed by atoms with Crippen molar-refractivity contribution in [2.75, 3.05) is 5.32 Å². The van der Waals surface area contributed by atoms with Crippen molar-refractivity contribution in [2.45, 2.75) is 45.2 Å². The molecule has 0 saturated carbocycles. The highest BCUT2D eigenvalue weighted by Crippen LogP contribution is 2.32. The molecule has 0 aliphatic carbocycles. The van der Waals surface area contributed by atoms with Crippen LogP contribution in [0.25, 0.3) is 16.8 Å². The number of anilines is 1. The van der Waals surface area contributed by atoms with Crippen molar-refractivity contribution in [3.8, 4) is 23.1 Å². The molecule has 2 atom stereocenters. The molecule has 36 heavy (non-hydrogen) atoms. The maximum atomic E-state index is 12.6. The third-order valence-corrected chi connectivity index (χ3v) is 6.34. The molecule has 1 saturated heterocycles. The van der Waals surface area contributed by atoms with Gasteiger partial charge in [0.1, 0.15) is 11.6 Å². The molecule has 2 N–H and O–H groups in total. The zero-order chi connectivity index (χ0) is 25.1. The maximum Gasteiger partial charge on any atom is 0.256 e. The van der Waals surface area contributed by atoms with Crippen molar-refractivity contribution in [1.29, 1.82) is 0 Å². The Kier molecular flexibility index (Phi) is 6.56. The van der Waals surface area contributed by atoms with Gasteiger partial charge in [-0.2, -0.15) is 0 Å². The minimum atomic E-state index is -0.300. The Morgan fingerprint density at radius 2 is 1.94 bits per heavy atom. The van der Waals surface area contributed by atoms with Crippen LogP contribution >= 0.6 is 0 Å². The largest absolute Gasteiger partial charge is 0.307 e. The molecular formula is C28H26N6O2. The van der Waals surface area contributed by atoms with Gasteiger partial charge in [0.05, 0.1) is 29.5 Å². The van der Waals surface area contributed by atoms with E-state index >= 15 is 0 Å². The standard InChI is InChI=1S/C28H26N6O2/c1-3-7-24(35)21-8-6-9-22(31-21)27-33-26(23-17-29-16-18(2)34(23)27)19-11-13-20(14-12-19)28(36)32-25-10-4-5-15-30-25/h4-5,10-17,21-22,31H,6,8-9H2,1-2H3,(H,30,32,36)/t21?,22-/m0/s1. The summed E-state index contributed by atoms with van der Waals surface area (Å²) in [7, 11) is 0. The van der Waals surface area contributed by atoms with Gasteiger partial charge in [0.25, 0.3) is 5.91 Å². The summed E-state index contributed by atoms with van der Waals surface area (Å²) in [6.45, 7) is 3.67. The first-order valence-corrected chi connectivity index (χ1v) is 11.9. The van der Waals surface area contributed by atoms with Crippen molar-refractivity contribution in [1.82, 2.24) is 24.7 Å². The van der Waals surface area contributed by atoms with Crippen LogP contribution in [-0.2, 0) is 4.79 Å². The molecule has 8 nitrogen and oxygen atoms in total. The van der Waals surface area contributed by atoms with E-state index in [1.807, 2.05) is 25.1 Å². The fourth-order valence-corrected chi connectivity index (χ4v) is 4.62. The molecule has 8 heteroatoms. The zero-order valence-corrected chi connectivity index (χ0v) is 20.2. The summed E-state index contributed by atoms with van der Waals surface area (Å²) in [5.74, 6) is 6.41. The Labute approximate surface area is 209 Å². The smallest absolute Gasteiger partial charge is 0.256 e. The van der Waals surface area contributed by atoms with E-state index < -0.39 is 0 Å². The van der Waals surface area contributed by atoms with Gasteiger partial charge in [0.15, 0.2) is 0 Å². The first-order chi connectivity index (χ1) is 17.5. The lowest BCUT2D eigenvalue weighted by Gasteiger charge is -2.28. The van der Waals surface area contributed by atoms with Gasteiger partial charge in [-0.25, -0.2) is 9.97 Å². The number of fused-ring (bicyclic) bond motifs is 1. The van der Waals surface area contributed by atoms with Gasteiger partial charge in [0.2, 0.25) is 5.78 Å². The number of pyridine rings is 1. The summed E-state index contributed by atoms with van der Waals surface area (Å²) in [6, 6.07) is 12.3. The summed E-state index contributed by atoms with van der Waals surface area (Å²) in [5, 5.41) is 6.27. The average molecular weight is 479 g/mol. The molecule has 0 radical (unpaired) electrons. The quantitative estimate of drug-likeness (QED) is 0.330. The van der Waals surface area contributed by atoms with E-state index in [2.05, 4.69) is 36.8 Å². The van der Waals surface area contributed by atoms with E-state index in [-0.39, 0.29) is 23.8 Å². The average Bonchev–Trinajstić information content (AvgIpc) is 3.31. The fourth-order valence-electron chi connectivity index (χ4n) is 4.62. The predicted octanol–water partition coefficient (Wildman–Crippen LogP) is 4.13. The third-order valence-electron chi connectivity index (χ3n) is 6.34. The van der Waals surface area contributed by atoms with E-state index in [9.17, 15) is 9.59 Å². The van der Waals surface area contributed by atoms with Crippen molar-refractivity contribution < 1.29 is 9.59 Å². The lowest BCUT2D eigenvalue weighted by molar-refractivity contribution is -0.116. The Morgan fingerprint density at radius 3 is 2.69 bits per heavy atom. The van der Waals surface area contributed by atoms with Gasteiger partial charge in [-0.05, 0) is 63.3 Å². The number of carbonyl (C=O) groups excluding carboxylic acids is 2. The number of aryl methyl sites for hydroxylation is 1. The van der Waals surface area contributed by atoms with Crippen LogP contribution in [0.4, 0.5) is 5.82 Å². The summed E-state index contributed by atoms with van der Waals surface area (Å²) in [5.41, 5.74) is 4.01. The number of nitrogens with zero attached hydrogens (tertiary/aromatic N) is 4. The highest BCUT2D eigenvalue weighted by atomic mass is 16.1. The number of carbonyl (C=O) groups is 2. The van der Waals surface area contributed by atoms with Gasteiger partial charge in [-0.15, -0.1) is 0 Å². The first-order valence-electron chi connectivity index (χ1n) is 11.9. The molecule has 3 aromatic heterocycles. The number of hydrogen-bond acceptors (Lipinski definition) is 6. The van der Waals surface area contributed by atoms with Crippen LogP contribution in [0.5, 0.6) is 0 Å². The molecule has 1 aliphatic heterocycles. The SMILES string of the molecule is CC#CC(=O)C1CCC[C@@H](c2nc(-c3ccc(C(=O)Nc4ccccn4)cc3)c3cncc(C)n23)N1. The summed E-state index contributed by atoms with van der Waals surface area (Å²) in [6.07, 6.45) is 7.79. The second-order valence-electron chi connectivity index (χ2n) is 8.78. The number of piperidine rings is 1. The highest BCUT2D eigenvalue weighted by molar-refractivity contribution is 6.04. The van der Waals surface area contributed by atoms with E-state index in [0.29, 0.717) is 11.4 Å². The van der Waals surface area contributed by atoms with Crippen LogP contribution in [0.1, 0.15) is 54.1 Å². The van der Waals surface area contributed by atoms with Crippen molar-refractivity contribution >= 4 is 23.0 Å². The fraction of sp³-hybridized carbons (Fsp3) is 0.250. The zero-order valence-electron chi connectivity index (χ0n) is 20.2. The molecule has 1 aromatic carbocycles. The molecule has 5 rings (SSSR count). The van der Waals surface area contributed by atoms with Gasteiger partial charge in [0, 0.05) is 29.2 Å². The minimum Gasteiger partial charge on any atom is -0.307 e. The predicted molar refractivity (Wildman–Crippen MR) is 137 cm³/mol. The van der Waals surface area contributed by atoms with Crippen LogP contribution in [-0.4, -0.2) is 37.1 Å². The normalized spacial score (nSPS) is 17.3. The van der Waals surface area contributed by atoms with Crippen LogP contribution in [0.3, 0.4) is 0 Å². The maximum absolute atomic E-state index is 12.6. The number of imidazole rings is 1. The lowest BCUT2D eigenvalue weighted by Crippen LogP contribution is -2.42. The number of amides is 1. The minimum absolute atomic E-state index is 0.0822. The Bertz CT molecular complexity index is 1480. The first kappa shape index (κ1) is 23.4. The number of ketones is 1. The number of aromatic nitrogens is 4. The molecule has 1 aliphatic rings. The van der Waals surface area contributed by atoms with E-state index in [1.54, 1.807) is 49.8 Å². The number of rotatable bonds is 5. The topological polar surface area (TPSA) is 101 Å². The molecular weight excluding hydrogens is 452 g/mol. The molecule has 0 spiro atoms. The Balaban J connectivity index is 1.46. The number of benzene rings is 1. The van der Waals surface area contributed by atoms with Crippen LogP contribution in [0.2, 0.25) is 0 Å². The number of Topliss-reactive ketones (excluding diaryl/α,β-unsaturated/α-hetero) is 1. The van der Waals surface area contributed by atoms with Gasteiger partial charge < -0.3 is 5.32 Å². The summed E-state index contributed by atoms with van der Waals surface area (Å²) in [4.78, 5) is 38.6. The Morgan fingerprint density at radius 1 is 1.11 bits per heavy atom. The molecule has 1 fully saturated rings. The van der Waals surface area contributed by atoms with Crippen molar-refractivity contribution in [3.63, 3.8) is 0 Å². The van der Waals surface area contributed by atoms with Crippen molar-refractivity contribution in [2.24, 2.45) is 0 Å². The van der Waals surface area contributed by atoms with E-state index in [4.69, 9.17) is 4.98 Å². The van der Waals surface area contributed by atoms with E-state index in [0.717, 1.165) is 47.6 Å². The molecule has 4 heterocycles. The molecule has 1 unspecified atom stereocenters. The van der Waals surface area contributed by atoms with Gasteiger partial charge in [-0.1, -0.05) is 24.1 Å². The molecule has 1 amide bonds. The summed E-state index contributed by atoms with van der Waals surface area (Å²) < 4.78 is 2.10. The van der Waals surface area contributed by atoms with E-state index in [1.165, 1.54) is 0 Å². The second kappa shape index (κ2) is 10.1. The van der Waals surface area contributed by atoms with Gasteiger partial charge >= 0.3 is 0 Å². The second-order valence-corrected chi connectivity index (χ2v) is 8.78. The summed E-state index contributed by atoms with van der Waals surface area (Å²) >= 11 is 0. The Hall–Kier alpha value is -4.35. The molecule has 4 aromatic rings. The molecule has 180 valence electrons. The van der Waals surface area contributed by atoms with Crippen LogP contribution in [0.15, 0.2) is 61.1 Å². The van der Waals surface area contributed by atoms with Gasteiger partial charge in [-0.3, -0.25) is 24.3 Å². The lowest BCUT2D eigenvalue weighted by atomic mass is 9.95.